The summed E-state index contributed by atoms with van der Waals surface area (Å²) < 4.78 is 8.73. The van der Waals surface area contributed by atoms with E-state index in [0.717, 1.165) is 61.0 Å². The maximum atomic E-state index is 6.08. The predicted molar refractivity (Wildman–Crippen MR) is 207 cm³/mol. The highest BCUT2D eigenvalue weighted by Crippen LogP contribution is 2.41. The molecule has 3 heterocycles. The summed E-state index contributed by atoms with van der Waals surface area (Å²) in [4.78, 5) is 7.00. The van der Waals surface area contributed by atoms with Crippen LogP contribution in [0.5, 0.6) is 0 Å². The Morgan fingerprint density at radius 1 is 0.429 bits per heavy atom. The lowest BCUT2D eigenvalue weighted by atomic mass is 10.0. The van der Waals surface area contributed by atoms with Gasteiger partial charge in [0.05, 0.1) is 11.2 Å². The van der Waals surface area contributed by atoms with Gasteiger partial charge in [-0.2, -0.15) is 0 Å². The first-order valence-corrected chi connectivity index (χ1v) is 17.3. The van der Waals surface area contributed by atoms with Crippen molar-refractivity contribution in [2.45, 2.75) is 0 Å². The second kappa shape index (κ2) is 11.2. The number of nitrogens with zero attached hydrogens (tertiary/aromatic N) is 2. The van der Waals surface area contributed by atoms with Crippen molar-refractivity contribution in [2.75, 3.05) is 4.90 Å². The van der Waals surface area contributed by atoms with E-state index in [2.05, 4.69) is 155 Å². The highest BCUT2D eigenvalue weighted by Gasteiger charge is 2.17. The van der Waals surface area contributed by atoms with Gasteiger partial charge in [0.2, 0.25) is 0 Å². The molecule has 0 radical (unpaired) electrons. The Morgan fingerprint density at radius 2 is 1.04 bits per heavy atom. The standard InChI is InChI=1S/C45H28N2OS/c1-3-12-42-35(7-1)38-27-31(18-24-43(38)48-42)29-14-20-33(21-15-29)47(41-11-5-10-40-37(41)9-6-26-46-40)34-22-16-30(17-23-34)32-19-25-45-39(28-32)36-8-2-4-13-44(36)49-45/h1-28H. The van der Waals surface area contributed by atoms with Gasteiger partial charge in [0.1, 0.15) is 11.2 Å². The van der Waals surface area contributed by atoms with Crippen molar-refractivity contribution in [3.63, 3.8) is 0 Å². The molecule has 3 aromatic heterocycles. The largest absolute Gasteiger partial charge is 0.456 e. The number of hydrogen-bond donors (Lipinski definition) is 0. The number of aromatic nitrogens is 1. The predicted octanol–water partition coefficient (Wildman–Crippen LogP) is 13.3. The van der Waals surface area contributed by atoms with E-state index in [4.69, 9.17) is 4.42 Å². The van der Waals surface area contributed by atoms with Gasteiger partial charge in [0.15, 0.2) is 0 Å². The average molecular weight is 645 g/mol. The minimum atomic E-state index is 0.907. The molecule has 0 fully saturated rings. The molecule has 0 N–H and O–H groups in total. The number of rotatable bonds is 5. The van der Waals surface area contributed by atoms with Gasteiger partial charge in [0.25, 0.3) is 0 Å². The van der Waals surface area contributed by atoms with Gasteiger partial charge in [-0.15, -0.1) is 11.3 Å². The van der Waals surface area contributed by atoms with Crippen LogP contribution in [0.2, 0.25) is 0 Å². The first kappa shape index (κ1) is 27.8. The maximum absolute atomic E-state index is 6.08. The van der Waals surface area contributed by atoms with E-state index in [1.165, 1.54) is 31.3 Å². The molecule has 0 aliphatic carbocycles. The van der Waals surface area contributed by atoms with E-state index in [9.17, 15) is 0 Å². The summed E-state index contributed by atoms with van der Waals surface area (Å²) in [5.41, 5.74) is 10.8. The van der Waals surface area contributed by atoms with E-state index in [0.29, 0.717) is 0 Å². The van der Waals surface area contributed by atoms with Gasteiger partial charge in [-0.3, -0.25) is 4.98 Å². The Bertz CT molecular complexity index is 2670. The van der Waals surface area contributed by atoms with E-state index in [-0.39, 0.29) is 0 Å². The van der Waals surface area contributed by atoms with Crippen LogP contribution in [0.1, 0.15) is 0 Å². The van der Waals surface area contributed by atoms with Crippen LogP contribution in [0.3, 0.4) is 0 Å². The zero-order valence-electron chi connectivity index (χ0n) is 26.4. The lowest BCUT2D eigenvalue weighted by Crippen LogP contribution is -2.10. The van der Waals surface area contributed by atoms with Crippen LogP contribution in [0.4, 0.5) is 17.1 Å². The third kappa shape index (κ3) is 4.68. The molecule has 0 aliphatic heterocycles. The van der Waals surface area contributed by atoms with E-state index < -0.39 is 0 Å². The van der Waals surface area contributed by atoms with Gasteiger partial charge < -0.3 is 9.32 Å². The van der Waals surface area contributed by atoms with Gasteiger partial charge in [0, 0.05) is 53.9 Å². The van der Waals surface area contributed by atoms with Gasteiger partial charge in [-0.25, -0.2) is 0 Å². The number of anilines is 3. The van der Waals surface area contributed by atoms with Crippen molar-refractivity contribution in [3.8, 4) is 22.3 Å². The molecule has 49 heavy (non-hydrogen) atoms. The highest BCUT2D eigenvalue weighted by molar-refractivity contribution is 7.25. The monoisotopic (exact) mass is 644 g/mol. The topological polar surface area (TPSA) is 29.3 Å². The number of furan rings is 1. The molecule has 0 amide bonds. The van der Waals surface area contributed by atoms with Crippen molar-refractivity contribution in [1.82, 2.24) is 4.98 Å². The van der Waals surface area contributed by atoms with E-state index >= 15 is 0 Å². The van der Waals surface area contributed by atoms with Gasteiger partial charge >= 0.3 is 0 Å². The number of thiophene rings is 1. The summed E-state index contributed by atoms with van der Waals surface area (Å²) >= 11 is 1.85. The third-order valence-corrected chi connectivity index (χ3v) is 10.7. The lowest BCUT2D eigenvalue weighted by molar-refractivity contribution is 0.669. The maximum Gasteiger partial charge on any atom is 0.135 e. The smallest absolute Gasteiger partial charge is 0.135 e. The number of pyridine rings is 1. The summed E-state index contributed by atoms with van der Waals surface area (Å²) in [6.07, 6.45) is 1.85. The molecule has 10 aromatic rings. The molecule has 3 nitrogen and oxygen atoms in total. The normalized spacial score (nSPS) is 11.7. The molecule has 0 unspecified atom stereocenters. The average Bonchev–Trinajstić information content (AvgIpc) is 3.73. The Morgan fingerprint density at radius 3 is 1.84 bits per heavy atom. The highest BCUT2D eigenvalue weighted by atomic mass is 32.1. The Labute approximate surface area is 286 Å². The van der Waals surface area contributed by atoms with Crippen molar-refractivity contribution in [2.24, 2.45) is 0 Å². The van der Waals surface area contributed by atoms with Gasteiger partial charge in [-0.05, 0) is 107 Å². The van der Waals surface area contributed by atoms with Crippen LogP contribution in [-0.4, -0.2) is 4.98 Å². The van der Waals surface area contributed by atoms with Gasteiger partial charge in [-0.1, -0.05) is 78.9 Å². The summed E-state index contributed by atoms with van der Waals surface area (Å²) in [7, 11) is 0. The number of benzene rings is 7. The minimum Gasteiger partial charge on any atom is -0.456 e. The van der Waals surface area contributed by atoms with Crippen LogP contribution in [0.15, 0.2) is 174 Å². The number of fused-ring (bicyclic) bond motifs is 7. The molecular weight excluding hydrogens is 617 g/mol. The second-order valence-corrected chi connectivity index (χ2v) is 13.5. The molecule has 10 rings (SSSR count). The fourth-order valence-electron chi connectivity index (χ4n) is 7.13. The molecule has 0 aliphatic rings. The molecule has 0 spiro atoms. The van der Waals surface area contributed by atoms with Crippen LogP contribution < -0.4 is 4.90 Å². The second-order valence-electron chi connectivity index (χ2n) is 12.4. The molecule has 0 saturated heterocycles. The van der Waals surface area contributed by atoms with Crippen LogP contribution in [0, 0.1) is 0 Å². The summed E-state index contributed by atoms with van der Waals surface area (Å²) in [5, 5.41) is 6.00. The summed E-state index contributed by atoms with van der Waals surface area (Å²) in [6, 6.07) is 58.5. The fraction of sp³-hybridized carbons (Fsp3) is 0. The van der Waals surface area contributed by atoms with Crippen molar-refractivity contribution < 1.29 is 4.42 Å². The summed E-state index contributed by atoms with van der Waals surface area (Å²) in [5.74, 6) is 0. The molecular formula is C45H28N2OS. The number of hydrogen-bond acceptors (Lipinski definition) is 4. The Balaban J connectivity index is 1.06. The first-order chi connectivity index (χ1) is 24.3. The van der Waals surface area contributed by atoms with Crippen molar-refractivity contribution in [1.29, 1.82) is 0 Å². The number of para-hydroxylation sites is 1. The van der Waals surface area contributed by atoms with Crippen LogP contribution in [0.25, 0.3) is 75.3 Å². The van der Waals surface area contributed by atoms with Crippen LogP contribution in [-0.2, 0) is 0 Å². The quantitative estimate of drug-likeness (QED) is 0.187. The molecule has 7 aromatic carbocycles. The molecule has 230 valence electrons. The molecule has 4 heteroatoms. The summed E-state index contributed by atoms with van der Waals surface area (Å²) in [6.45, 7) is 0. The zero-order chi connectivity index (χ0) is 32.3. The fourth-order valence-corrected chi connectivity index (χ4v) is 8.21. The van der Waals surface area contributed by atoms with Crippen molar-refractivity contribution in [3.05, 3.63) is 170 Å². The van der Waals surface area contributed by atoms with E-state index in [1.54, 1.807) is 0 Å². The van der Waals surface area contributed by atoms with E-state index in [1.807, 2.05) is 35.7 Å². The van der Waals surface area contributed by atoms with Crippen molar-refractivity contribution >= 4 is 81.4 Å². The molecule has 0 bridgehead atoms. The minimum absolute atomic E-state index is 0.907. The first-order valence-electron chi connectivity index (χ1n) is 16.4. The lowest BCUT2D eigenvalue weighted by Gasteiger charge is -2.27. The van der Waals surface area contributed by atoms with Crippen LogP contribution >= 0.6 is 11.3 Å². The Kier molecular flexibility index (Phi) is 6.36. The zero-order valence-corrected chi connectivity index (χ0v) is 27.2. The molecule has 0 saturated carbocycles. The SMILES string of the molecule is c1cc(N(c2ccc(-c3ccc4oc5ccccc5c4c3)cc2)c2ccc(-c3ccc4sc5ccccc5c4c3)cc2)c2cccnc2c1. The molecule has 0 atom stereocenters. The third-order valence-electron chi connectivity index (χ3n) is 9.53. The Hall–Kier alpha value is -6.23.